The Morgan fingerprint density at radius 1 is 1.62 bits per heavy atom. The van der Waals surface area contributed by atoms with Gasteiger partial charge < -0.3 is 10.6 Å². The monoisotopic (exact) mass is 237 g/mol. The van der Waals surface area contributed by atoms with Crippen molar-refractivity contribution >= 4 is 23.0 Å². The molecule has 0 aliphatic heterocycles. The summed E-state index contributed by atoms with van der Waals surface area (Å²) in [4.78, 5) is 6.87. The first-order chi connectivity index (χ1) is 7.54. The number of aromatic nitrogens is 1. The van der Waals surface area contributed by atoms with Gasteiger partial charge in [0.05, 0.1) is 0 Å². The predicted molar refractivity (Wildman–Crippen MR) is 72.8 cm³/mol. The van der Waals surface area contributed by atoms with Gasteiger partial charge in [-0.25, -0.2) is 4.98 Å². The zero-order chi connectivity index (χ0) is 12.1. The molecular formula is C12H19N3S. The first kappa shape index (κ1) is 12.9. The molecule has 4 heteroatoms. The van der Waals surface area contributed by atoms with E-state index in [0.29, 0.717) is 10.9 Å². The van der Waals surface area contributed by atoms with Gasteiger partial charge in [-0.2, -0.15) is 0 Å². The van der Waals surface area contributed by atoms with Crippen LogP contribution in [0.3, 0.4) is 0 Å². The Kier molecular flexibility index (Phi) is 4.68. The molecule has 0 fully saturated rings. The van der Waals surface area contributed by atoms with E-state index >= 15 is 0 Å². The van der Waals surface area contributed by atoms with E-state index in [1.807, 2.05) is 19.2 Å². The second-order valence-corrected chi connectivity index (χ2v) is 4.60. The zero-order valence-electron chi connectivity index (χ0n) is 10.1. The highest BCUT2D eigenvalue weighted by atomic mass is 32.1. The zero-order valence-corrected chi connectivity index (χ0v) is 10.9. The number of nitrogens with zero attached hydrogens (tertiary/aromatic N) is 2. The summed E-state index contributed by atoms with van der Waals surface area (Å²) < 4.78 is 0. The number of rotatable bonds is 5. The third-order valence-corrected chi connectivity index (χ3v) is 2.94. The summed E-state index contributed by atoms with van der Waals surface area (Å²) in [5.41, 5.74) is 6.47. The van der Waals surface area contributed by atoms with Gasteiger partial charge in [0.25, 0.3) is 0 Å². The first-order valence-electron chi connectivity index (χ1n) is 5.51. The third-order valence-electron chi connectivity index (χ3n) is 2.70. The molecule has 1 rings (SSSR count). The van der Waals surface area contributed by atoms with Gasteiger partial charge in [0.1, 0.15) is 10.8 Å². The van der Waals surface area contributed by atoms with Crippen molar-refractivity contribution in [1.82, 2.24) is 4.98 Å². The molecule has 0 radical (unpaired) electrons. The molecule has 1 aromatic rings. The highest BCUT2D eigenvalue weighted by Gasteiger charge is 2.07. The molecule has 0 aromatic carbocycles. The fourth-order valence-electron chi connectivity index (χ4n) is 1.47. The molecule has 3 nitrogen and oxygen atoms in total. The van der Waals surface area contributed by atoms with Crippen molar-refractivity contribution in [2.75, 3.05) is 18.5 Å². The van der Waals surface area contributed by atoms with Gasteiger partial charge in [0.2, 0.25) is 0 Å². The van der Waals surface area contributed by atoms with E-state index in [4.69, 9.17) is 18.0 Å². The molecule has 88 valence electrons. The fourth-order valence-corrected chi connectivity index (χ4v) is 1.60. The SMILES string of the molecule is CCC(C)CN(C)c1cc(C(N)=S)ccn1. The maximum absolute atomic E-state index is 5.60. The van der Waals surface area contributed by atoms with Gasteiger partial charge >= 0.3 is 0 Å². The van der Waals surface area contributed by atoms with E-state index in [9.17, 15) is 0 Å². The normalized spacial score (nSPS) is 12.2. The average Bonchev–Trinajstić information content (AvgIpc) is 2.28. The number of thiocarbonyl (C=S) groups is 1. The maximum atomic E-state index is 5.60. The summed E-state index contributed by atoms with van der Waals surface area (Å²) in [5, 5.41) is 0. The van der Waals surface area contributed by atoms with Crippen LogP contribution >= 0.6 is 12.2 Å². The summed E-state index contributed by atoms with van der Waals surface area (Å²) >= 11 is 4.95. The molecule has 2 N–H and O–H groups in total. The second-order valence-electron chi connectivity index (χ2n) is 4.16. The van der Waals surface area contributed by atoms with E-state index in [2.05, 4.69) is 23.7 Å². The molecule has 1 unspecified atom stereocenters. The van der Waals surface area contributed by atoms with Crippen molar-refractivity contribution in [2.45, 2.75) is 20.3 Å². The van der Waals surface area contributed by atoms with E-state index in [-0.39, 0.29) is 0 Å². The smallest absolute Gasteiger partial charge is 0.128 e. The van der Waals surface area contributed by atoms with Crippen LogP contribution in [0.5, 0.6) is 0 Å². The van der Waals surface area contributed by atoms with Crippen LogP contribution in [0.25, 0.3) is 0 Å². The number of anilines is 1. The second kappa shape index (κ2) is 5.80. The Bertz CT molecular complexity index is 365. The summed E-state index contributed by atoms with van der Waals surface area (Å²) in [7, 11) is 2.04. The minimum atomic E-state index is 0.417. The van der Waals surface area contributed by atoms with Crippen molar-refractivity contribution in [3.05, 3.63) is 23.9 Å². The molecule has 0 aliphatic carbocycles. The summed E-state index contributed by atoms with van der Waals surface area (Å²) in [6.07, 6.45) is 2.91. The van der Waals surface area contributed by atoms with Crippen molar-refractivity contribution in [2.24, 2.45) is 11.7 Å². The quantitative estimate of drug-likeness (QED) is 0.797. The lowest BCUT2D eigenvalue weighted by Gasteiger charge is -2.22. The van der Waals surface area contributed by atoms with Crippen molar-refractivity contribution in [1.29, 1.82) is 0 Å². The number of nitrogens with two attached hydrogens (primary N) is 1. The van der Waals surface area contributed by atoms with Gasteiger partial charge in [-0.3, -0.25) is 0 Å². The summed E-state index contributed by atoms with van der Waals surface area (Å²) in [5.74, 6) is 1.57. The van der Waals surface area contributed by atoms with Crippen LogP contribution in [-0.2, 0) is 0 Å². The van der Waals surface area contributed by atoms with E-state index in [1.165, 1.54) is 6.42 Å². The number of pyridine rings is 1. The number of hydrogen-bond acceptors (Lipinski definition) is 3. The minimum absolute atomic E-state index is 0.417. The first-order valence-corrected chi connectivity index (χ1v) is 5.92. The Balaban J connectivity index is 2.79. The van der Waals surface area contributed by atoms with Crippen LogP contribution < -0.4 is 10.6 Å². The van der Waals surface area contributed by atoms with Gasteiger partial charge in [0, 0.05) is 25.4 Å². The molecule has 0 bridgehead atoms. The summed E-state index contributed by atoms with van der Waals surface area (Å²) in [6.45, 7) is 5.41. The Hall–Kier alpha value is -1.16. The molecule has 1 aromatic heterocycles. The fraction of sp³-hybridized carbons (Fsp3) is 0.500. The largest absolute Gasteiger partial charge is 0.389 e. The Morgan fingerprint density at radius 3 is 2.88 bits per heavy atom. The molecule has 0 saturated carbocycles. The molecule has 0 spiro atoms. The van der Waals surface area contributed by atoms with Crippen molar-refractivity contribution < 1.29 is 0 Å². The standard InChI is InChI=1S/C12H19N3S/c1-4-9(2)8-15(3)11-7-10(12(13)16)5-6-14-11/h5-7,9H,4,8H2,1-3H3,(H2,13,16). The highest BCUT2D eigenvalue weighted by molar-refractivity contribution is 7.80. The predicted octanol–water partition coefficient (Wildman–Crippen LogP) is 2.20. The van der Waals surface area contributed by atoms with Gasteiger partial charge in [-0.05, 0) is 18.1 Å². The van der Waals surface area contributed by atoms with Crippen molar-refractivity contribution in [3.63, 3.8) is 0 Å². The molecule has 1 atom stereocenters. The number of hydrogen-bond donors (Lipinski definition) is 1. The Labute approximate surface area is 103 Å². The molecule has 0 aliphatic rings. The van der Waals surface area contributed by atoms with Crippen molar-refractivity contribution in [3.8, 4) is 0 Å². The lowest BCUT2D eigenvalue weighted by atomic mass is 10.1. The molecule has 16 heavy (non-hydrogen) atoms. The molecule has 0 saturated heterocycles. The molecular weight excluding hydrogens is 218 g/mol. The molecule has 1 heterocycles. The van der Waals surface area contributed by atoms with Crippen LogP contribution in [0.1, 0.15) is 25.8 Å². The lowest BCUT2D eigenvalue weighted by Crippen LogP contribution is -2.25. The van der Waals surface area contributed by atoms with Crippen LogP contribution in [-0.4, -0.2) is 23.6 Å². The van der Waals surface area contributed by atoms with Gasteiger partial charge in [-0.1, -0.05) is 32.5 Å². The van der Waals surface area contributed by atoms with Gasteiger partial charge in [-0.15, -0.1) is 0 Å². The summed E-state index contributed by atoms with van der Waals surface area (Å²) in [6, 6.07) is 3.77. The lowest BCUT2D eigenvalue weighted by molar-refractivity contribution is 0.558. The average molecular weight is 237 g/mol. The van der Waals surface area contributed by atoms with Crippen LogP contribution in [0.2, 0.25) is 0 Å². The van der Waals surface area contributed by atoms with E-state index < -0.39 is 0 Å². The van der Waals surface area contributed by atoms with Crippen LogP contribution in [0.4, 0.5) is 5.82 Å². The highest BCUT2D eigenvalue weighted by Crippen LogP contribution is 2.13. The van der Waals surface area contributed by atoms with Gasteiger partial charge in [0.15, 0.2) is 0 Å². The maximum Gasteiger partial charge on any atom is 0.128 e. The third kappa shape index (κ3) is 3.45. The Morgan fingerprint density at radius 2 is 2.31 bits per heavy atom. The topological polar surface area (TPSA) is 42.1 Å². The van der Waals surface area contributed by atoms with E-state index in [0.717, 1.165) is 17.9 Å². The molecule has 0 amide bonds. The minimum Gasteiger partial charge on any atom is -0.389 e. The van der Waals surface area contributed by atoms with Crippen LogP contribution in [0.15, 0.2) is 18.3 Å². The van der Waals surface area contributed by atoms with E-state index in [1.54, 1.807) is 6.20 Å². The van der Waals surface area contributed by atoms with Crippen LogP contribution in [0, 0.1) is 5.92 Å².